The van der Waals surface area contributed by atoms with Crippen LogP contribution >= 0.6 is 12.6 Å². The van der Waals surface area contributed by atoms with Gasteiger partial charge in [-0.25, -0.2) is 0 Å². The molecule has 5 heteroatoms. The van der Waals surface area contributed by atoms with Gasteiger partial charge in [0, 0.05) is 18.4 Å². The summed E-state index contributed by atoms with van der Waals surface area (Å²) < 4.78 is 41.4. The van der Waals surface area contributed by atoms with Gasteiger partial charge in [0.1, 0.15) is 0 Å². The summed E-state index contributed by atoms with van der Waals surface area (Å²) in [4.78, 5) is 0. The minimum atomic E-state index is -4.06. The van der Waals surface area contributed by atoms with Gasteiger partial charge in [-0.15, -0.1) is 0 Å². The molecule has 1 saturated carbocycles. The van der Waals surface area contributed by atoms with E-state index < -0.39 is 12.6 Å². The van der Waals surface area contributed by atoms with Gasteiger partial charge in [0.25, 0.3) is 0 Å². The van der Waals surface area contributed by atoms with Crippen LogP contribution in [0, 0.1) is 5.41 Å². The van der Waals surface area contributed by atoms with E-state index >= 15 is 0 Å². The van der Waals surface area contributed by atoms with Gasteiger partial charge < -0.3 is 4.74 Å². The molecule has 1 aliphatic carbocycles. The molecule has 1 rings (SSSR count). The Bertz CT molecular complexity index is 223. The highest BCUT2D eigenvalue weighted by molar-refractivity contribution is 7.80. The van der Waals surface area contributed by atoms with Gasteiger partial charge in [-0.1, -0.05) is 25.7 Å². The molecule has 0 amide bonds. The summed E-state index contributed by atoms with van der Waals surface area (Å²) in [6, 6.07) is 0. The normalized spacial score (nSPS) is 20.7. The lowest BCUT2D eigenvalue weighted by atomic mass is 9.83. The maximum atomic E-state index is 12.0. The quantitative estimate of drug-likeness (QED) is 0.425. The predicted molar refractivity (Wildman–Crippen MR) is 70.1 cm³/mol. The summed E-state index contributed by atoms with van der Waals surface area (Å²) in [6.45, 7) is 0.767. The molecule has 0 aromatic heterocycles. The highest BCUT2D eigenvalue weighted by Gasteiger charge is 2.30. The SMILES string of the molecule is FC(F)(F)CCCOCC1(CS)CCCCCC1. The Morgan fingerprint density at radius 1 is 1.06 bits per heavy atom. The maximum absolute atomic E-state index is 12.0. The van der Waals surface area contributed by atoms with Crippen molar-refractivity contribution in [3.8, 4) is 0 Å². The largest absolute Gasteiger partial charge is 0.389 e. The van der Waals surface area contributed by atoms with E-state index in [-0.39, 0.29) is 18.4 Å². The molecule has 0 atom stereocenters. The Hall–Kier alpha value is 0.100. The van der Waals surface area contributed by atoms with Crippen LogP contribution in [0.2, 0.25) is 0 Å². The lowest BCUT2D eigenvalue weighted by Gasteiger charge is -2.30. The molecule has 0 saturated heterocycles. The summed E-state index contributed by atoms with van der Waals surface area (Å²) in [7, 11) is 0. The second-order valence-corrected chi connectivity index (χ2v) is 5.66. The van der Waals surface area contributed by atoms with Crippen LogP contribution in [-0.2, 0) is 4.74 Å². The zero-order valence-corrected chi connectivity index (χ0v) is 11.7. The third kappa shape index (κ3) is 6.32. The molecule has 0 N–H and O–H groups in total. The minimum Gasteiger partial charge on any atom is -0.381 e. The third-order valence-electron chi connectivity index (χ3n) is 3.66. The number of ether oxygens (including phenoxy) is 1. The van der Waals surface area contributed by atoms with Crippen molar-refractivity contribution in [1.82, 2.24) is 0 Å². The molecule has 108 valence electrons. The number of alkyl halides is 3. The van der Waals surface area contributed by atoms with E-state index in [1.165, 1.54) is 25.7 Å². The fraction of sp³-hybridized carbons (Fsp3) is 1.00. The summed E-state index contributed by atoms with van der Waals surface area (Å²) in [5.74, 6) is 0.770. The van der Waals surface area contributed by atoms with E-state index in [4.69, 9.17) is 4.74 Å². The van der Waals surface area contributed by atoms with Crippen LogP contribution in [0.4, 0.5) is 13.2 Å². The monoisotopic (exact) mass is 284 g/mol. The van der Waals surface area contributed by atoms with Gasteiger partial charge in [-0.3, -0.25) is 0 Å². The van der Waals surface area contributed by atoms with E-state index in [9.17, 15) is 13.2 Å². The van der Waals surface area contributed by atoms with E-state index in [0.29, 0.717) is 6.61 Å². The van der Waals surface area contributed by atoms with Crippen molar-refractivity contribution in [2.45, 2.75) is 57.5 Å². The van der Waals surface area contributed by atoms with Gasteiger partial charge in [0.05, 0.1) is 6.61 Å². The molecule has 0 radical (unpaired) electrons. The molecule has 0 aliphatic heterocycles. The molecule has 0 bridgehead atoms. The van der Waals surface area contributed by atoms with Crippen molar-refractivity contribution in [3.05, 3.63) is 0 Å². The zero-order valence-electron chi connectivity index (χ0n) is 10.8. The number of thiol groups is 1. The smallest absolute Gasteiger partial charge is 0.381 e. The number of halogens is 3. The van der Waals surface area contributed by atoms with Gasteiger partial charge in [0.15, 0.2) is 0 Å². The summed E-state index contributed by atoms with van der Waals surface area (Å²) in [5.41, 5.74) is 0.0951. The average molecular weight is 284 g/mol. The Morgan fingerprint density at radius 2 is 1.67 bits per heavy atom. The van der Waals surface area contributed by atoms with Crippen LogP contribution in [0.3, 0.4) is 0 Å². The molecule has 0 unspecified atom stereocenters. The zero-order chi connectivity index (χ0) is 13.5. The maximum Gasteiger partial charge on any atom is 0.389 e. The van der Waals surface area contributed by atoms with E-state index in [1.807, 2.05) is 0 Å². The van der Waals surface area contributed by atoms with Gasteiger partial charge in [0.2, 0.25) is 0 Å². The standard InChI is InChI=1S/C13H23F3OS/c14-13(15,16)8-5-9-17-10-12(11-18)6-3-1-2-4-7-12/h18H,1-11H2. The van der Waals surface area contributed by atoms with Crippen LogP contribution in [0.5, 0.6) is 0 Å². The van der Waals surface area contributed by atoms with Crippen molar-refractivity contribution >= 4 is 12.6 Å². The molecule has 0 heterocycles. The molecule has 0 aromatic carbocycles. The van der Waals surface area contributed by atoms with Crippen LogP contribution in [0.25, 0.3) is 0 Å². The number of hydrogen-bond acceptors (Lipinski definition) is 2. The van der Waals surface area contributed by atoms with E-state index in [0.717, 1.165) is 18.6 Å². The highest BCUT2D eigenvalue weighted by Crippen LogP contribution is 2.36. The first-order valence-electron chi connectivity index (χ1n) is 6.73. The first-order chi connectivity index (χ1) is 8.47. The van der Waals surface area contributed by atoms with Gasteiger partial charge in [-0.2, -0.15) is 25.8 Å². The second kappa shape index (κ2) is 7.63. The van der Waals surface area contributed by atoms with Crippen molar-refractivity contribution in [2.24, 2.45) is 5.41 Å². The lowest BCUT2D eigenvalue weighted by Crippen LogP contribution is -2.29. The van der Waals surface area contributed by atoms with Crippen molar-refractivity contribution in [3.63, 3.8) is 0 Å². The molecule has 1 aliphatic rings. The van der Waals surface area contributed by atoms with Crippen molar-refractivity contribution in [2.75, 3.05) is 19.0 Å². The first kappa shape index (κ1) is 16.2. The van der Waals surface area contributed by atoms with Crippen molar-refractivity contribution < 1.29 is 17.9 Å². The molecule has 1 fully saturated rings. The Morgan fingerprint density at radius 3 is 2.17 bits per heavy atom. The van der Waals surface area contributed by atoms with Gasteiger partial charge >= 0.3 is 6.18 Å². The molecular weight excluding hydrogens is 261 g/mol. The third-order valence-corrected chi connectivity index (χ3v) is 4.33. The van der Waals surface area contributed by atoms with Crippen molar-refractivity contribution in [1.29, 1.82) is 0 Å². The van der Waals surface area contributed by atoms with Crippen LogP contribution < -0.4 is 0 Å². The second-order valence-electron chi connectivity index (χ2n) is 5.34. The summed E-state index contributed by atoms with van der Waals surface area (Å²) >= 11 is 4.41. The fourth-order valence-corrected chi connectivity index (χ4v) is 2.90. The Kier molecular flexibility index (Phi) is 6.85. The molecule has 1 nitrogen and oxygen atoms in total. The molecule has 0 aromatic rings. The number of hydrogen-bond donors (Lipinski definition) is 1. The van der Waals surface area contributed by atoms with E-state index in [2.05, 4.69) is 12.6 Å². The topological polar surface area (TPSA) is 9.23 Å². The molecule has 18 heavy (non-hydrogen) atoms. The van der Waals surface area contributed by atoms with E-state index in [1.54, 1.807) is 0 Å². The fourth-order valence-electron chi connectivity index (χ4n) is 2.49. The average Bonchev–Trinajstić information content (AvgIpc) is 2.53. The highest BCUT2D eigenvalue weighted by atomic mass is 32.1. The minimum absolute atomic E-state index is 0.0617. The van der Waals surface area contributed by atoms with Crippen LogP contribution in [0.15, 0.2) is 0 Å². The Balaban J connectivity index is 2.22. The first-order valence-corrected chi connectivity index (χ1v) is 7.36. The Labute approximate surface area is 113 Å². The van der Waals surface area contributed by atoms with Gasteiger partial charge in [-0.05, 0) is 25.0 Å². The lowest BCUT2D eigenvalue weighted by molar-refractivity contribution is -0.138. The van der Waals surface area contributed by atoms with Crippen LogP contribution in [-0.4, -0.2) is 25.1 Å². The number of rotatable bonds is 6. The molecular formula is C13H23F3OS. The van der Waals surface area contributed by atoms with Crippen LogP contribution in [0.1, 0.15) is 51.4 Å². The predicted octanol–water partition coefficient (Wildman–Crippen LogP) is 4.62. The summed E-state index contributed by atoms with van der Waals surface area (Å²) in [6.07, 6.45) is 2.32. The molecule has 0 spiro atoms. The summed E-state index contributed by atoms with van der Waals surface area (Å²) in [5, 5.41) is 0.